The lowest BCUT2D eigenvalue weighted by Gasteiger charge is -2.21. The van der Waals surface area contributed by atoms with Crippen molar-refractivity contribution in [3.8, 4) is 12.3 Å². The number of carbonyl (C=O) groups is 1. The molecular formula is C24H25N3O2S. The van der Waals surface area contributed by atoms with Crippen LogP contribution in [0.4, 0.5) is 0 Å². The van der Waals surface area contributed by atoms with Crippen molar-refractivity contribution in [2.24, 2.45) is 0 Å². The molecule has 0 spiro atoms. The second-order valence-electron chi connectivity index (χ2n) is 7.82. The molecule has 3 aromatic rings. The molecule has 30 heavy (non-hydrogen) atoms. The summed E-state index contributed by atoms with van der Waals surface area (Å²) in [5.74, 6) is 2.51. The number of hydrogen-bond donors (Lipinski definition) is 0. The maximum Gasteiger partial charge on any atom is 0.262 e. The Morgan fingerprint density at radius 1 is 1.27 bits per heavy atom. The predicted molar refractivity (Wildman–Crippen MR) is 121 cm³/mol. The number of rotatable bonds is 6. The molecule has 5 nitrogen and oxygen atoms in total. The molecule has 1 aliphatic carbocycles. The van der Waals surface area contributed by atoms with E-state index in [0.717, 1.165) is 35.0 Å². The SMILES string of the molecule is C#CCN(Cc1ccc(C)cc1)C(=O)CCn1cnc2sc3c(c2c1=O)CCCC3. The number of hydrogen-bond acceptors (Lipinski definition) is 4. The molecule has 4 rings (SSSR count). The van der Waals surface area contributed by atoms with Crippen molar-refractivity contribution in [1.29, 1.82) is 0 Å². The average molecular weight is 420 g/mol. The second kappa shape index (κ2) is 8.85. The molecule has 1 amide bonds. The van der Waals surface area contributed by atoms with Crippen LogP contribution in [0.1, 0.15) is 40.8 Å². The van der Waals surface area contributed by atoms with Gasteiger partial charge in [0.25, 0.3) is 5.56 Å². The molecule has 1 aliphatic rings. The third kappa shape index (κ3) is 4.17. The van der Waals surface area contributed by atoms with Crippen LogP contribution in [0.3, 0.4) is 0 Å². The van der Waals surface area contributed by atoms with Gasteiger partial charge < -0.3 is 4.90 Å². The summed E-state index contributed by atoms with van der Waals surface area (Å²) in [6.07, 6.45) is 11.5. The Labute approximate surface area is 180 Å². The molecule has 0 N–H and O–H groups in total. The molecule has 2 heterocycles. The average Bonchev–Trinajstić information content (AvgIpc) is 3.13. The van der Waals surface area contributed by atoms with Crippen LogP contribution in [-0.4, -0.2) is 26.9 Å². The number of thiophene rings is 1. The number of fused-ring (bicyclic) bond motifs is 3. The van der Waals surface area contributed by atoms with Gasteiger partial charge in [-0.3, -0.25) is 14.2 Å². The largest absolute Gasteiger partial charge is 0.327 e. The summed E-state index contributed by atoms with van der Waals surface area (Å²) in [5.41, 5.74) is 3.35. The van der Waals surface area contributed by atoms with Crippen molar-refractivity contribution in [3.63, 3.8) is 0 Å². The van der Waals surface area contributed by atoms with Crippen molar-refractivity contribution in [2.45, 2.75) is 52.1 Å². The van der Waals surface area contributed by atoms with E-state index < -0.39 is 0 Å². The third-order valence-electron chi connectivity index (χ3n) is 5.64. The van der Waals surface area contributed by atoms with E-state index in [2.05, 4.69) is 10.9 Å². The maximum atomic E-state index is 13.1. The molecule has 2 aromatic heterocycles. The summed E-state index contributed by atoms with van der Waals surface area (Å²) in [6.45, 7) is 3.05. The molecule has 0 bridgehead atoms. The van der Waals surface area contributed by atoms with Crippen molar-refractivity contribution >= 4 is 27.5 Å². The van der Waals surface area contributed by atoms with Gasteiger partial charge in [-0.05, 0) is 43.7 Å². The lowest BCUT2D eigenvalue weighted by molar-refractivity contribution is -0.131. The molecule has 154 valence electrons. The molecule has 0 fully saturated rings. The lowest BCUT2D eigenvalue weighted by atomic mass is 9.97. The minimum atomic E-state index is -0.0622. The first-order chi connectivity index (χ1) is 14.6. The molecule has 0 radical (unpaired) electrons. The third-order valence-corrected chi connectivity index (χ3v) is 6.84. The van der Waals surface area contributed by atoms with Gasteiger partial charge in [0.15, 0.2) is 0 Å². The number of nitrogens with zero attached hydrogens (tertiary/aromatic N) is 3. The van der Waals surface area contributed by atoms with Gasteiger partial charge in [-0.2, -0.15) is 0 Å². The number of amides is 1. The van der Waals surface area contributed by atoms with Crippen molar-refractivity contribution in [2.75, 3.05) is 6.54 Å². The monoisotopic (exact) mass is 419 g/mol. The van der Waals surface area contributed by atoms with Crippen LogP contribution in [-0.2, 0) is 30.7 Å². The first kappa shape index (κ1) is 20.4. The summed E-state index contributed by atoms with van der Waals surface area (Å²) in [5, 5.41) is 0.754. The highest BCUT2D eigenvalue weighted by molar-refractivity contribution is 7.18. The molecule has 6 heteroatoms. The van der Waals surface area contributed by atoms with Crippen molar-refractivity contribution in [1.82, 2.24) is 14.5 Å². The van der Waals surface area contributed by atoms with Gasteiger partial charge in [0.1, 0.15) is 4.83 Å². The summed E-state index contributed by atoms with van der Waals surface area (Å²) in [7, 11) is 0. The van der Waals surface area contributed by atoms with E-state index in [1.54, 1.807) is 27.1 Å². The molecule has 0 unspecified atom stereocenters. The van der Waals surface area contributed by atoms with Crippen LogP contribution in [0.15, 0.2) is 35.4 Å². The summed E-state index contributed by atoms with van der Waals surface area (Å²) in [4.78, 5) is 34.2. The molecular weight excluding hydrogens is 394 g/mol. The van der Waals surface area contributed by atoms with E-state index in [9.17, 15) is 9.59 Å². The minimum absolute atomic E-state index is 0.0331. The predicted octanol–water partition coefficient (Wildman–Crippen LogP) is 3.70. The van der Waals surface area contributed by atoms with Crippen LogP contribution in [0, 0.1) is 19.3 Å². The Hall–Kier alpha value is -2.91. The summed E-state index contributed by atoms with van der Waals surface area (Å²) in [6, 6.07) is 8.06. The Kier molecular flexibility index (Phi) is 6.01. The quantitative estimate of drug-likeness (QED) is 0.573. The van der Waals surface area contributed by atoms with Crippen LogP contribution in [0.5, 0.6) is 0 Å². The zero-order valence-corrected chi connectivity index (χ0v) is 18.0. The Balaban J connectivity index is 1.50. The van der Waals surface area contributed by atoms with Gasteiger partial charge in [0.05, 0.1) is 18.3 Å². The van der Waals surface area contributed by atoms with E-state index in [4.69, 9.17) is 6.42 Å². The van der Waals surface area contributed by atoms with Crippen LogP contribution in [0.25, 0.3) is 10.2 Å². The van der Waals surface area contributed by atoms with Gasteiger partial charge in [-0.25, -0.2) is 4.98 Å². The number of aromatic nitrogens is 2. The topological polar surface area (TPSA) is 55.2 Å². The molecule has 0 aliphatic heterocycles. The Morgan fingerprint density at radius 3 is 2.80 bits per heavy atom. The van der Waals surface area contributed by atoms with Crippen LogP contribution < -0.4 is 5.56 Å². The van der Waals surface area contributed by atoms with Gasteiger partial charge in [0.2, 0.25) is 5.91 Å². The van der Waals surface area contributed by atoms with Crippen LogP contribution >= 0.6 is 11.3 Å². The van der Waals surface area contributed by atoms with E-state index in [1.807, 2.05) is 31.2 Å². The summed E-state index contributed by atoms with van der Waals surface area (Å²) >= 11 is 1.64. The molecule has 0 saturated carbocycles. The first-order valence-corrected chi connectivity index (χ1v) is 11.1. The number of aryl methyl sites for hydroxylation is 4. The van der Waals surface area contributed by atoms with E-state index in [-0.39, 0.29) is 24.4 Å². The fraction of sp³-hybridized carbons (Fsp3) is 0.375. The highest BCUT2D eigenvalue weighted by atomic mass is 32.1. The molecule has 1 aromatic carbocycles. The summed E-state index contributed by atoms with van der Waals surface area (Å²) < 4.78 is 1.57. The zero-order chi connectivity index (χ0) is 21.1. The Morgan fingerprint density at radius 2 is 2.03 bits per heavy atom. The van der Waals surface area contributed by atoms with E-state index in [1.165, 1.54) is 22.4 Å². The number of terminal acetylenes is 1. The van der Waals surface area contributed by atoms with Crippen molar-refractivity contribution < 1.29 is 4.79 Å². The Bertz CT molecular complexity index is 1170. The number of benzene rings is 1. The zero-order valence-electron chi connectivity index (χ0n) is 17.2. The first-order valence-electron chi connectivity index (χ1n) is 10.3. The van der Waals surface area contributed by atoms with Gasteiger partial charge in [-0.1, -0.05) is 35.7 Å². The van der Waals surface area contributed by atoms with Crippen LogP contribution in [0.2, 0.25) is 0 Å². The number of carbonyl (C=O) groups excluding carboxylic acids is 1. The molecule has 0 saturated heterocycles. The normalized spacial score (nSPS) is 13.1. The fourth-order valence-corrected chi connectivity index (χ4v) is 5.19. The van der Waals surface area contributed by atoms with Crippen molar-refractivity contribution in [3.05, 3.63) is 62.5 Å². The van der Waals surface area contributed by atoms with E-state index in [0.29, 0.717) is 13.1 Å². The fourth-order valence-electron chi connectivity index (χ4n) is 3.97. The maximum absolute atomic E-state index is 13.1. The lowest BCUT2D eigenvalue weighted by Crippen LogP contribution is -2.32. The van der Waals surface area contributed by atoms with E-state index >= 15 is 0 Å². The van der Waals surface area contributed by atoms with Gasteiger partial charge >= 0.3 is 0 Å². The van der Waals surface area contributed by atoms with Gasteiger partial charge in [0, 0.05) is 24.4 Å². The van der Waals surface area contributed by atoms with Gasteiger partial charge in [-0.15, -0.1) is 17.8 Å². The standard InChI is InChI=1S/C24H25N3O2S/c1-3-13-26(15-18-10-8-17(2)9-11-18)21(28)12-14-27-16-25-23-22(24(27)29)19-6-4-5-7-20(19)30-23/h1,8-11,16H,4-7,12-15H2,2H3. The molecule has 0 atom stereocenters. The highest BCUT2D eigenvalue weighted by Gasteiger charge is 2.20. The smallest absolute Gasteiger partial charge is 0.262 e. The second-order valence-corrected chi connectivity index (χ2v) is 8.91. The highest BCUT2D eigenvalue weighted by Crippen LogP contribution is 2.33. The minimum Gasteiger partial charge on any atom is -0.327 e.